The summed E-state index contributed by atoms with van der Waals surface area (Å²) in [5.41, 5.74) is 3.90. The summed E-state index contributed by atoms with van der Waals surface area (Å²) in [6, 6.07) is 47.6. The Hall–Kier alpha value is -5.60. The molecule has 9 aromatic rings. The molecule has 0 heterocycles. The van der Waals surface area contributed by atoms with Crippen LogP contribution in [-0.4, -0.2) is 12.4 Å². The summed E-state index contributed by atoms with van der Waals surface area (Å²) in [6.07, 6.45) is 3.97. The maximum Gasteiger partial charge on any atom is 0.0886 e. The third-order valence-corrected chi connectivity index (χ3v) is 8.69. The van der Waals surface area contributed by atoms with E-state index >= 15 is 0 Å². The predicted octanol–water partition coefficient (Wildman–Crippen LogP) is 11.0. The molecule has 0 amide bonds. The first-order valence-electron chi connectivity index (χ1n) is 14.3. The molecule has 0 aromatic heterocycles. The van der Waals surface area contributed by atoms with Crippen molar-refractivity contribution in [3.63, 3.8) is 0 Å². The standard InChI is InChI=1S/C40H24N2/c1-2-10-36(42-24-32-18-16-30-14-12-26-6-4-8-28-20-22-34(32)40(30)38(26)28)35(9-1)41-23-31-17-15-29-13-11-25-5-3-7-27-19-21-33(31)39(29)37(25)27/h1-24H. The molecule has 0 saturated heterocycles. The molecule has 0 N–H and O–H groups in total. The van der Waals surface area contributed by atoms with E-state index < -0.39 is 0 Å². The highest BCUT2D eigenvalue weighted by atomic mass is 14.8. The molecule has 2 heteroatoms. The lowest BCUT2D eigenvalue weighted by Crippen LogP contribution is -1.89. The smallest absolute Gasteiger partial charge is 0.0886 e. The Bertz CT molecular complexity index is 2310. The van der Waals surface area contributed by atoms with Crippen molar-refractivity contribution in [1.29, 1.82) is 0 Å². The second-order valence-electron chi connectivity index (χ2n) is 11.0. The molecule has 9 rings (SSSR count). The minimum atomic E-state index is 0.845. The number of nitrogens with zero attached hydrogens (tertiary/aromatic N) is 2. The van der Waals surface area contributed by atoms with Gasteiger partial charge in [0.2, 0.25) is 0 Å². The van der Waals surface area contributed by atoms with Gasteiger partial charge < -0.3 is 0 Å². The van der Waals surface area contributed by atoms with Gasteiger partial charge in [-0.25, -0.2) is 0 Å². The molecular formula is C40H24N2. The number of aliphatic imine (C=N–C) groups is 2. The molecule has 0 aliphatic heterocycles. The van der Waals surface area contributed by atoms with Crippen molar-refractivity contribution in [2.45, 2.75) is 0 Å². The Morgan fingerprint density at radius 2 is 0.667 bits per heavy atom. The summed E-state index contributed by atoms with van der Waals surface area (Å²) in [5, 5.41) is 15.3. The fourth-order valence-corrected chi connectivity index (χ4v) is 6.70. The molecule has 2 nitrogen and oxygen atoms in total. The molecule has 0 spiro atoms. The van der Waals surface area contributed by atoms with Crippen LogP contribution in [0.15, 0.2) is 143 Å². The number of rotatable bonds is 4. The van der Waals surface area contributed by atoms with Gasteiger partial charge in [0.25, 0.3) is 0 Å². The van der Waals surface area contributed by atoms with E-state index in [1.165, 1.54) is 64.6 Å². The van der Waals surface area contributed by atoms with Gasteiger partial charge in [-0.3, -0.25) is 9.98 Å². The lowest BCUT2D eigenvalue weighted by Gasteiger charge is -2.12. The molecule has 0 aliphatic rings. The van der Waals surface area contributed by atoms with Gasteiger partial charge in [-0.2, -0.15) is 0 Å². The van der Waals surface area contributed by atoms with Crippen LogP contribution in [0.2, 0.25) is 0 Å². The summed E-state index contributed by atoms with van der Waals surface area (Å²) in [6.45, 7) is 0. The average Bonchev–Trinajstić information content (AvgIpc) is 3.05. The van der Waals surface area contributed by atoms with Gasteiger partial charge in [-0.1, -0.05) is 121 Å². The summed E-state index contributed by atoms with van der Waals surface area (Å²) < 4.78 is 0. The van der Waals surface area contributed by atoms with Gasteiger partial charge in [0.05, 0.1) is 11.4 Å². The van der Waals surface area contributed by atoms with Gasteiger partial charge in [-0.05, 0) is 76.8 Å². The van der Waals surface area contributed by atoms with Crippen LogP contribution in [0.4, 0.5) is 11.4 Å². The molecule has 0 unspecified atom stereocenters. The second-order valence-corrected chi connectivity index (χ2v) is 11.0. The lowest BCUT2D eigenvalue weighted by molar-refractivity contribution is 1.46. The number of para-hydroxylation sites is 2. The Morgan fingerprint density at radius 1 is 0.310 bits per heavy atom. The van der Waals surface area contributed by atoms with Crippen LogP contribution in [0.25, 0.3) is 64.6 Å². The predicted molar refractivity (Wildman–Crippen MR) is 181 cm³/mol. The molecule has 0 saturated carbocycles. The molecule has 194 valence electrons. The number of hydrogen-bond donors (Lipinski definition) is 0. The Balaban J connectivity index is 1.13. The van der Waals surface area contributed by atoms with Gasteiger partial charge in [0.1, 0.15) is 0 Å². The van der Waals surface area contributed by atoms with Crippen LogP contribution in [0, 0.1) is 0 Å². The third kappa shape index (κ3) is 3.45. The molecule has 0 aliphatic carbocycles. The van der Waals surface area contributed by atoms with E-state index in [0.717, 1.165) is 22.5 Å². The van der Waals surface area contributed by atoms with E-state index in [1.807, 2.05) is 36.7 Å². The lowest BCUT2D eigenvalue weighted by atomic mass is 9.92. The van der Waals surface area contributed by atoms with Crippen molar-refractivity contribution in [3.8, 4) is 0 Å². The van der Waals surface area contributed by atoms with Crippen LogP contribution in [0.3, 0.4) is 0 Å². The summed E-state index contributed by atoms with van der Waals surface area (Å²) in [4.78, 5) is 9.92. The first-order chi connectivity index (χ1) is 20.8. The van der Waals surface area contributed by atoms with Gasteiger partial charge in [-0.15, -0.1) is 0 Å². The van der Waals surface area contributed by atoms with Crippen molar-refractivity contribution in [2.75, 3.05) is 0 Å². The molecule has 42 heavy (non-hydrogen) atoms. The first-order valence-corrected chi connectivity index (χ1v) is 14.3. The van der Waals surface area contributed by atoms with Crippen molar-refractivity contribution >= 4 is 88.4 Å². The normalized spacial score (nSPS) is 12.6. The minimum Gasteiger partial charge on any atom is -0.254 e. The maximum absolute atomic E-state index is 4.96. The fourth-order valence-electron chi connectivity index (χ4n) is 6.70. The molecule has 9 aromatic carbocycles. The van der Waals surface area contributed by atoms with Crippen LogP contribution in [0.1, 0.15) is 11.1 Å². The zero-order valence-electron chi connectivity index (χ0n) is 22.8. The van der Waals surface area contributed by atoms with E-state index in [2.05, 4.69) is 109 Å². The van der Waals surface area contributed by atoms with Crippen LogP contribution < -0.4 is 0 Å². The molecule has 0 atom stereocenters. The number of hydrogen-bond acceptors (Lipinski definition) is 2. The van der Waals surface area contributed by atoms with Gasteiger partial charge >= 0.3 is 0 Å². The van der Waals surface area contributed by atoms with Crippen LogP contribution in [-0.2, 0) is 0 Å². The fraction of sp³-hybridized carbons (Fsp3) is 0. The molecule has 0 fully saturated rings. The Morgan fingerprint density at radius 3 is 1.10 bits per heavy atom. The SMILES string of the molecule is C(=Nc1ccccc1N=Cc1ccc2ccc3cccc4ccc1c2c34)c1ccc2ccc3cccc4ccc1c2c34. The van der Waals surface area contributed by atoms with E-state index in [1.54, 1.807) is 0 Å². The van der Waals surface area contributed by atoms with E-state index in [0.29, 0.717) is 0 Å². The summed E-state index contributed by atoms with van der Waals surface area (Å²) in [7, 11) is 0. The van der Waals surface area contributed by atoms with E-state index in [4.69, 9.17) is 9.98 Å². The maximum atomic E-state index is 4.96. The minimum absolute atomic E-state index is 0.845. The summed E-state index contributed by atoms with van der Waals surface area (Å²) in [5.74, 6) is 0. The van der Waals surface area contributed by atoms with Crippen molar-refractivity contribution in [1.82, 2.24) is 0 Å². The Kier molecular flexibility index (Phi) is 4.93. The quantitative estimate of drug-likeness (QED) is 0.159. The summed E-state index contributed by atoms with van der Waals surface area (Å²) >= 11 is 0. The highest BCUT2D eigenvalue weighted by Gasteiger charge is 2.11. The van der Waals surface area contributed by atoms with Crippen LogP contribution in [0.5, 0.6) is 0 Å². The molecular weight excluding hydrogens is 508 g/mol. The average molecular weight is 533 g/mol. The topological polar surface area (TPSA) is 24.7 Å². The highest BCUT2D eigenvalue weighted by molar-refractivity contribution is 6.26. The zero-order valence-corrected chi connectivity index (χ0v) is 22.8. The van der Waals surface area contributed by atoms with E-state index in [-0.39, 0.29) is 0 Å². The van der Waals surface area contributed by atoms with Crippen molar-refractivity contribution < 1.29 is 0 Å². The zero-order chi connectivity index (χ0) is 27.6. The van der Waals surface area contributed by atoms with Crippen LogP contribution >= 0.6 is 0 Å². The monoisotopic (exact) mass is 532 g/mol. The Labute approximate surface area is 242 Å². The van der Waals surface area contributed by atoms with Crippen molar-refractivity contribution in [2.24, 2.45) is 9.98 Å². The highest BCUT2D eigenvalue weighted by Crippen LogP contribution is 2.37. The van der Waals surface area contributed by atoms with E-state index in [9.17, 15) is 0 Å². The first kappa shape index (κ1) is 23.1. The third-order valence-electron chi connectivity index (χ3n) is 8.69. The van der Waals surface area contributed by atoms with Gasteiger partial charge in [0, 0.05) is 23.6 Å². The largest absolute Gasteiger partial charge is 0.254 e. The molecule has 0 bridgehead atoms. The molecule has 0 radical (unpaired) electrons. The van der Waals surface area contributed by atoms with Crippen molar-refractivity contribution in [3.05, 3.63) is 145 Å². The van der Waals surface area contributed by atoms with Gasteiger partial charge in [0.15, 0.2) is 0 Å². The second kappa shape index (κ2) is 8.95. The number of benzene rings is 9.